The van der Waals surface area contributed by atoms with Crippen molar-refractivity contribution in [1.29, 1.82) is 0 Å². The van der Waals surface area contributed by atoms with Gasteiger partial charge >= 0.3 is 11.9 Å². The Morgan fingerprint density at radius 1 is 1.46 bits per heavy atom. The minimum absolute atomic E-state index is 0.782. The van der Waals surface area contributed by atoms with Gasteiger partial charge in [0.05, 0.1) is 12.5 Å². The number of carboxylic acid groups (broad SMARTS) is 2. The monoisotopic (exact) mass is 189 g/mol. The zero-order valence-electron chi connectivity index (χ0n) is 6.36. The lowest BCUT2D eigenvalue weighted by Gasteiger charge is -2.11. The van der Waals surface area contributed by atoms with E-state index in [1.54, 1.807) is 0 Å². The van der Waals surface area contributed by atoms with E-state index in [2.05, 4.69) is 10.0 Å². The maximum absolute atomic E-state index is 10.3. The van der Waals surface area contributed by atoms with Gasteiger partial charge in [0.15, 0.2) is 6.04 Å². The molecule has 13 heavy (non-hydrogen) atoms. The van der Waals surface area contributed by atoms with Gasteiger partial charge in [-0.3, -0.25) is 9.59 Å². The van der Waals surface area contributed by atoms with Gasteiger partial charge in [-0.15, -0.1) is 0 Å². The quantitative estimate of drug-likeness (QED) is 0.305. The van der Waals surface area contributed by atoms with Crippen molar-refractivity contribution in [2.75, 3.05) is 0 Å². The molecule has 0 heterocycles. The largest absolute Gasteiger partial charge is 0.481 e. The van der Waals surface area contributed by atoms with E-state index in [-0.39, 0.29) is 0 Å². The second-order valence-electron chi connectivity index (χ2n) is 2.15. The second kappa shape index (κ2) is 4.96. The fourth-order valence-corrected chi connectivity index (χ4v) is 0.637. The van der Waals surface area contributed by atoms with E-state index in [1.807, 2.05) is 0 Å². The first kappa shape index (κ1) is 11.2. The average molecular weight is 189 g/mol. The van der Waals surface area contributed by atoms with Gasteiger partial charge in [0.25, 0.3) is 0 Å². The highest BCUT2D eigenvalue weighted by Gasteiger charge is 2.26. The number of aliphatic carboxylic acids is 2. The molecule has 0 saturated carbocycles. The molecule has 2 unspecified atom stereocenters. The highest BCUT2D eigenvalue weighted by molar-refractivity contribution is 5.76. The van der Waals surface area contributed by atoms with Crippen LogP contribution in [-0.4, -0.2) is 39.4 Å². The minimum atomic E-state index is -1.76. The molecule has 72 valence electrons. The molecule has 0 aromatic heterocycles. The normalized spacial score (nSPS) is 13.9. The number of hydrogen-bond acceptors (Lipinski definition) is 4. The molecule has 0 saturated heterocycles. The molecule has 0 radical (unpaired) electrons. The van der Waals surface area contributed by atoms with Crippen molar-refractivity contribution in [3.05, 3.63) is 10.4 Å². The summed E-state index contributed by atoms with van der Waals surface area (Å²) in [5.41, 5.74) is 7.91. The Hall–Kier alpha value is -1.79. The van der Waals surface area contributed by atoms with E-state index in [0.29, 0.717) is 0 Å². The van der Waals surface area contributed by atoms with Crippen molar-refractivity contribution in [1.82, 2.24) is 0 Å². The van der Waals surface area contributed by atoms with E-state index in [9.17, 15) is 9.59 Å². The van der Waals surface area contributed by atoms with E-state index in [0.717, 1.165) is 0 Å². The maximum atomic E-state index is 10.3. The van der Waals surface area contributed by atoms with Crippen LogP contribution in [0.4, 0.5) is 0 Å². The lowest BCUT2D eigenvalue weighted by Crippen LogP contribution is -2.33. The molecule has 0 aromatic carbocycles. The van der Waals surface area contributed by atoms with Crippen LogP contribution in [0, 0.1) is 0 Å². The van der Waals surface area contributed by atoms with Gasteiger partial charge in [-0.05, 0) is 5.53 Å². The molecule has 0 aliphatic carbocycles. The summed E-state index contributed by atoms with van der Waals surface area (Å²) in [5.74, 6) is -2.93. The summed E-state index contributed by atoms with van der Waals surface area (Å²) >= 11 is 0. The predicted octanol–water partition coefficient (Wildman–Crippen LogP) is -0.414. The molecule has 0 bridgehead atoms. The fraction of sp³-hybridized carbons (Fsp3) is 0.600. The summed E-state index contributed by atoms with van der Waals surface area (Å²) in [6, 6.07) is -1.76. The van der Waals surface area contributed by atoms with Crippen LogP contribution < -0.4 is 0 Å². The number of hydrogen-bond donors (Lipinski definition) is 3. The van der Waals surface area contributed by atoms with Gasteiger partial charge in [-0.1, -0.05) is 5.11 Å². The molecule has 0 amide bonds. The Morgan fingerprint density at radius 2 is 2.00 bits per heavy atom. The lowest BCUT2D eigenvalue weighted by atomic mass is 10.1. The summed E-state index contributed by atoms with van der Waals surface area (Å²) in [4.78, 5) is 22.5. The minimum Gasteiger partial charge on any atom is -0.481 e. The van der Waals surface area contributed by atoms with Gasteiger partial charge in [0.2, 0.25) is 0 Å². The summed E-state index contributed by atoms with van der Waals surface area (Å²) < 4.78 is 0. The average Bonchev–Trinajstić information content (AvgIpc) is 1.97. The first-order valence-corrected chi connectivity index (χ1v) is 3.16. The molecule has 0 fully saturated rings. The van der Waals surface area contributed by atoms with Gasteiger partial charge < -0.3 is 15.3 Å². The molecule has 0 aromatic rings. The molecule has 0 rings (SSSR count). The first-order valence-electron chi connectivity index (χ1n) is 3.16. The van der Waals surface area contributed by atoms with Crippen molar-refractivity contribution in [3.63, 3.8) is 0 Å². The third kappa shape index (κ3) is 3.94. The van der Waals surface area contributed by atoms with Crippen LogP contribution in [0.2, 0.25) is 0 Å². The standard InChI is InChI=1S/C5H7N3O5/c6-8-7-4(5(12)13)2(9)1-3(10)11/h2,4,9H,1H2,(H,10,11)(H,12,13). The Bertz CT molecular complexity index is 257. The molecular weight excluding hydrogens is 182 g/mol. The highest BCUT2D eigenvalue weighted by Crippen LogP contribution is 2.04. The number of aliphatic hydroxyl groups is 1. The number of azide groups is 1. The number of carboxylic acids is 2. The zero-order chi connectivity index (χ0) is 10.4. The van der Waals surface area contributed by atoms with Crippen molar-refractivity contribution in [3.8, 4) is 0 Å². The topological polar surface area (TPSA) is 144 Å². The molecule has 0 aliphatic heterocycles. The van der Waals surface area contributed by atoms with Crippen LogP contribution in [-0.2, 0) is 9.59 Å². The third-order valence-electron chi connectivity index (χ3n) is 1.18. The van der Waals surface area contributed by atoms with E-state index in [4.69, 9.17) is 20.9 Å². The van der Waals surface area contributed by atoms with Crippen LogP contribution in [0.1, 0.15) is 6.42 Å². The predicted molar refractivity (Wildman–Crippen MR) is 38.8 cm³/mol. The van der Waals surface area contributed by atoms with Crippen molar-refractivity contribution in [2.24, 2.45) is 5.11 Å². The van der Waals surface area contributed by atoms with Gasteiger partial charge in [-0.2, -0.15) is 0 Å². The molecule has 8 nitrogen and oxygen atoms in total. The van der Waals surface area contributed by atoms with Crippen molar-refractivity contribution < 1.29 is 24.9 Å². The molecule has 3 N–H and O–H groups in total. The van der Waals surface area contributed by atoms with Crippen LogP contribution in [0.25, 0.3) is 10.4 Å². The van der Waals surface area contributed by atoms with Crippen LogP contribution in [0.15, 0.2) is 5.11 Å². The molecule has 0 aliphatic rings. The number of rotatable bonds is 5. The van der Waals surface area contributed by atoms with Gasteiger partial charge in [0.1, 0.15) is 0 Å². The zero-order valence-corrected chi connectivity index (χ0v) is 6.36. The summed E-state index contributed by atoms with van der Waals surface area (Å²) in [6.45, 7) is 0. The third-order valence-corrected chi connectivity index (χ3v) is 1.18. The Kier molecular flexibility index (Phi) is 4.28. The Balaban J connectivity index is 4.45. The lowest BCUT2D eigenvalue weighted by molar-refractivity contribution is -0.144. The van der Waals surface area contributed by atoms with Crippen molar-refractivity contribution >= 4 is 11.9 Å². The van der Waals surface area contributed by atoms with Crippen molar-refractivity contribution in [2.45, 2.75) is 18.6 Å². The van der Waals surface area contributed by atoms with E-state index < -0.39 is 30.5 Å². The van der Waals surface area contributed by atoms with Crippen LogP contribution in [0.3, 0.4) is 0 Å². The second-order valence-corrected chi connectivity index (χ2v) is 2.15. The Morgan fingerprint density at radius 3 is 2.31 bits per heavy atom. The maximum Gasteiger partial charge on any atom is 0.315 e. The van der Waals surface area contributed by atoms with Gasteiger partial charge in [-0.25, -0.2) is 0 Å². The SMILES string of the molecule is [N-]=[N+]=NC(C(=O)O)C(O)CC(=O)O. The molecule has 0 spiro atoms. The summed E-state index contributed by atoms with van der Waals surface area (Å²) in [7, 11) is 0. The summed E-state index contributed by atoms with van der Waals surface area (Å²) in [5, 5.41) is 28.3. The number of nitrogens with zero attached hydrogens (tertiary/aromatic N) is 3. The molecular formula is C5H7N3O5. The highest BCUT2D eigenvalue weighted by atomic mass is 16.4. The number of aliphatic hydroxyl groups excluding tert-OH is 1. The Labute approximate surface area is 72.0 Å². The van der Waals surface area contributed by atoms with E-state index in [1.165, 1.54) is 0 Å². The number of carbonyl (C=O) groups is 2. The van der Waals surface area contributed by atoms with E-state index >= 15 is 0 Å². The van der Waals surface area contributed by atoms with Gasteiger partial charge in [0, 0.05) is 4.91 Å². The van der Waals surface area contributed by atoms with Crippen LogP contribution in [0.5, 0.6) is 0 Å². The smallest absolute Gasteiger partial charge is 0.315 e. The fourth-order valence-electron chi connectivity index (χ4n) is 0.637. The van der Waals surface area contributed by atoms with Crippen LogP contribution >= 0.6 is 0 Å². The summed E-state index contributed by atoms with van der Waals surface area (Å²) in [6.07, 6.45) is -2.50. The molecule has 2 atom stereocenters. The molecule has 8 heteroatoms. The first-order chi connectivity index (χ1) is 5.99.